The van der Waals surface area contributed by atoms with Gasteiger partial charge in [-0.2, -0.15) is 5.26 Å². The maximum Gasteiger partial charge on any atom is 0.308 e. The number of ether oxygens (including phenoxy) is 5. The summed E-state index contributed by atoms with van der Waals surface area (Å²) in [6, 6.07) is 1.66. The zero-order valence-corrected chi connectivity index (χ0v) is 14.1. The fourth-order valence-corrected chi connectivity index (χ4v) is 2.05. The van der Waals surface area contributed by atoms with Crippen molar-refractivity contribution in [1.82, 2.24) is 0 Å². The monoisotopic (exact) mass is 355 g/mol. The van der Waals surface area contributed by atoms with Crippen LogP contribution in [0.15, 0.2) is 11.5 Å². The number of allylic oxidation sites excluding steroid dienone is 1. The Bertz CT molecular complexity index is 646. The molecule has 0 fully saturated rings. The number of carbonyl (C=O) groups excluding carboxylic acids is 4. The van der Waals surface area contributed by atoms with Crippen molar-refractivity contribution in [2.75, 3.05) is 6.61 Å². The molecule has 1 aliphatic heterocycles. The van der Waals surface area contributed by atoms with Crippen molar-refractivity contribution in [1.29, 1.82) is 5.26 Å². The van der Waals surface area contributed by atoms with Gasteiger partial charge in [-0.15, -0.1) is 0 Å². The summed E-state index contributed by atoms with van der Waals surface area (Å²) in [4.78, 5) is 45.1. The molecular weight excluding hydrogens is 338 g/mol. The van der Waals surface area contributed by atoms with E-state index in [2.05, 4.69) is 0 Å². The lowest BCUT2D eigenvalue weighted by atomic mass is 10.0. The first-order valence-electron chi connectivity index (χ1n) is 7.12. The molecule has 0 amide bonds. The van der Waals surface area contributed by atoms with E-state index in [1.54, 1.807) is 6.07 Å². The number of nitriles is 1. The number of hydrogen-bond acceptors (Lipinski definition) is 10. The van der Waals surface area contributed by atoms with Crippen LogP contribution in [0.3, 0.4) is 0 Å². The van der Waals surface area contributed by atoms with E-state index in [0.29, 0.717) is 0 Å². The van der Waals surface area contributed by atoms with E-state index < -0.39 is 53.7 Å². The van der Waals surface area contributed by atoms with Gasteiger partial charge in [-0.25, -0.2) is 0 Å². The largest absolute Gasteiger partial charge is 0.470 e. The third kappa shape index (κ3) is 5.80. The summed E-state index contributed by atoms with van der Waals surface area (Å²) in [7, 11) is 0. The van der Waals surface area contributed by atoms with E-state index >= 15 is 0 Å². The highest BCUT2D eigenvalue weighted by Gasteiger charge is 2.47. The van der Waals surface area contributed by atoms with Crippen LogP contribution in [-0.2, 0) is 42.9 Å². The molecule has 0 saturated heterocycles. The minimum absolute atomic E-state index is 0.385. The maximum absolute atomic E-state index is 11.4. The predicted octanol–water partition coefficient (Wildman–Crippen LogP) is 0.110. The van der Waals surface area contributed by atoms with Gasteiger partial charge in [0.1, 0.15) is 12.7 Å². The fraction of sp³-hybridized carbons (Fsp3) is 0.533. The third-order valence-electron chi connectivity index (χ3n) is 2.82. The molecule has 25 heavy (non-hydrogen) atoms. The van der Waals surface area contributed by atoms with E-state index in [1.165, 1.54) is 0 Å². The van der Waals surface area contributed by atoms with Gasteiger partial charge in [0.25, 0.3) is 0 Å². The molecule has 0 radical (unpaired) electrons. The summed E-state index contributed by atoms with van der Waals surface area (Å²) in [5.41, 5.74) is 0. The number of hydrogen-bond donors (Lipinski definition) is 0. The molecule has 0 N–H and O–H groups in total. The second kappa shape index (κ2) is 8.68. The summed E-state index contributed by atoms with van der Waals surface area (Å²) < 4.78 is 25.2. The van der Waals surface area contributed by atoms with Crippen molar-refractivity contribution in [2.45, 2.75) is 46.0 Å². The van der Waals surface area contributed by atoms with Gasteiger partial charge in [-0.05, 0) is 0 Å². The first kappa shape index (κ1) is 20.0. The van der Waals surface area contributed by atoms with Gasteiger partial charge in [0, 0.05) is 27.7 Å². The van der Waals surface area contributed by atoms with Crippen molar-refractivity contribution in [3.05, 3.63) is 11.5 Å². The normalized spacial score (nSPS) is 22.1. The minimum atomic E-state index is -1.42. The van der Waals surface area contributed by atoms with Gasteiger partial charge in [-0.1, -0.05) is 0 Å². The van der Waals surface area contributed by atoms with Crippen LogP contribution in [-0.4, -0.2) is 48.8 Å². The molecule has 1 heterocycles. The number of nitrogens with zero attached hydrogens (tertiary/aromatic N) is 1. The van der Waals surface area contributed by atoms with Crippen LogP contribution in [0.25, 0.3) is 0 Å². The Balaban J connectivity index is 3.33. The van der Waals surface area contributed by atoms with Crippen molar-refractivity contribution >= 4 is 23.9 Å². The van der Waals surface area contributed by atoms with Crippen LogP contribution >= 0.6 is 0 Å². The highest BCUT2D eigenvalue weighted by Crippen LogP contribution is 2.30. The smallest absolute Gasteiger partial charge is 0.308 e. The second-order valence-corrected chi connectivity index (χ2v) is 4.96. The fourth-order valence-electron chi connectivity index (χ4n) is 2.05. The highest BCUT2D eigenvalue weighted by molar-refractivity contribution is 5.70. The first-order chi connectivity index (χ1) is 11.6. The van der Waals surface area contributed by atoms with E-state index in [9.17, 15) is 24.4 Å². The van der Waals surface area contributed by atoms with Crippen LogP contribution in [0, 0.1) is 11.3 Å². The van der Waals surface area contributed by atoms with Gasteiger partial charge in [0.05, 0.1) is 0 Å². The van der Waals surface area contributed by atoms with Gasteiger partial charge >= 0.3 is 23.9 Å². The van der Waals surface area contributed by atoms with Gasteiger partial charge in [0.2, 0.25) is 17.6 Å². The Kier molecular flexibility index (Phi) is 6.93. The van der Waals surface area contributed by atoms with Crippen molar-refractivity contribution < 1.29 is 42.9 Å². The molecule has 0 aliphatic carbocycles. The van der Waals surface area contributed by atoms with Crippen molar-refractivity contribution in [2.24, 2.45) is 0 Å². The summed E-state index contributed by atoms with van der Waals surface area (Å²) in [5, 5.41) is 9.21. The average Bonchev–Trinajstić information content (AvgIpc) is 2.48. The van der Waals surface area contributed by atoms with Gasteiger partial charge in [0.15, 0.2) is 12.2 Å². The Hall–Kier alpha value is -3.09. The predicted molar refractivity (Wildman–Crippen MR) is 77.0 cm³/mol. The van der Waals surface area contributed by atoms with Crippen molar-refractivity contribution in [3.63, 3.8) is 0 Å². The number of esters is 4. The molecule has 1 aliphatic rings. The van der Waals surface area contributed by atoms with E-state index in [1.807, 2.05) is 0 Å². The SMILES string of the molecule is CC(=O)OC[C@H]1OC(C#N)=C(OC(C)=O)[C@@H](OC(C)=O)[C@H]1OC(C)=O. The lowest BCUT2D eigenvalue weighted by Gasteiger charge is -2.36. The average molecular weight is 355 g/mol. The molecule has 0 spiro atoms. The zero-order valence-electron chi connectivity index (χ0n) is 14.1. The van der Waals surface area contributed by atoms with E-state index in [4.69, 9.17) is 23.7 Å². The number of carbonyl (C=O) groups is 4. The molecule has 1 rings (SSSR count). The maximum atomic E-state index is 11.4. The van der Waals surface area contributed by atoms with E-state index in [-0.39, 0.29) is 6.61 Å². The summed E-state index contributed by atoms with van der Waals surface area (Å²) >= 11 is 0. The van der Waals surface area contributed by atoms with Crippen LogP contribution in [0.5, 0.6) is 0 Å². The molecule has 0 aromatic rings. The van der Waals surface area contributed by atoms with Crippen molar-refractivity contribution in [3.8, 4) is 6.07 Å². The van der Waals surface area contributed by atoms with Crippen LogP contribution in [0.2, 0.25) is 0 Å². The Morgan fingerprint density at radius 2 is 1.60 bits per heavy atom. The summed E-state index contributed by atoms with van der Waals surface area (Å²) in [6.07, 6.45) is -3.87. The topological polar surface area (TPSA) is 138 Å². The number of rotatable bonds is 5. The Morgan fingerprint density at radius 1 is 1.00 bits per heavy atom. The molecule has 0 bridgehead atoms. The molecule has 0 unspecified atom stereocenters. The molecule has 10 nitrogen and oxygen atoms in total. The second-order valence-electron chi connectivity index (χ2n) is 4.96. The molecule has 0 saturated carbocycles. The highest BCUT2D eigenvalue weighted by atomic mass is 16.6. The third-order valence-corrected chi connectivity index (χ3v) is 2.82. The Morgan fingerprint density at radius 3 is 2.04 bits per heavy atom. The standard InChI is InChI=1S/C15H17NO9/c1-7(17)21-6-12-14(23-9(3)19)15(24-10(4)20)13(22-8(2)18)11(5-16)25-12/h12,14-15H,6H2,1-4H3/t12-,14+,15-/m1/s1. The molecule has 3 atom stereocenters. The molecule has 0 aromatic heterocycles. The first-order valence-corrected chi connectivity index (χ1v) is 7.12. The summed E-state index contributed by atoms with van der Waals surface area (Å²) in [6.45, 7) is 4.02. The molecule has 0 aromatic carbocycles. The van der Waals surface area contributed by atoms with Crippen LogP contribution in [0.1, 0.15) is 27.7 Å². The van der Waals surface area contributed by atoms with Gasteiger partial charge in [-0.3, -0.25) is 19.2 Å². The summed E-state index contributed by atoms with van der Waals surface area (Å²) in [5.74, 6) is -3.83. The minimum Gasteiger partial charge on any atom is -0.470 e. The molecule has 10 heteroatoms. The quantitative estimate of drug-likeness (QED) is 0.493. The van der Waals surface area contributed by atoms with Gasteiger partial charge < -0.3 is 23.7 Å². The van der Waals surface area contributed by atoms with Crippen LogP contribution < -0.4 is 0 Å². The van der Waals surface area contributed by atoms with E-state index in [0.717, 1.165) is 27.7 Å². The molecular formula is C15H17NO9. The zero-order chi connectivity index (χ0) is 19.1. The Labute approximate surface area is 143 Å². The lowest BCUT2D eigenvalue weighted by Crippen LogP contribution is -2.51. The lowest BCUT2D eigenvalue weighted by molar-refractivity contribution is -0.188. The molecule has 136 valence electrons. The van der Waals surface area contributed by atoms with Crippen LogP contribution in [0.4, 0.5) is 0 Å².